The van der Waals surface area contributed by atoms with Crippen LogP contribution in [0.15, 0.2) is 46.1 Å². The molecule has 0 amide bonds. The summed E-state index contributed by atoms with van der Waals surface area (Å²) < 4.78 is 1.46. The van der Waals surface area contributed by atoms with E-state index < -0.39 is 0 Å². The molecule has 17 heavy (non-hydrogen) atoms. The topological polar surface area (TPSA) is 54.9 Å². The lowest BCUT2D eigenvalue weighted by Crippen LogP contribution is -2.24. The highest BCUT2D eigenvalue weighted by Gasteiger charge is 2.08. The Hall–Kier alpha value is -2.10. The highest BCUT2D eigenvalue weighted by Crippen LogP contribution is 2.09. The lowest BCUT2D eigenvalue weighted by Gasteiger charge is -2.09. The third kappa shape index (κ3) is 2.20. The molecule has 0 saturated carbocycles. The van der Waals surface area contributed by atoms with Crippen LogP contribution in [0.25, 0.3) is 5.82 Å². The van der Waals surface area contributed by atoms with Gasteiger partial charge in [-0.05, 0) is 18.1 Å². The van der Waals surface area contributed by atoms with Gasteiger partial charge in [0.2, 0.25) is 5.56 Å². The maximum absolute atomic E-state index is 12.2. The van der Waals surface area contributed by atoms with Crippen LogP contribution in [-0.2, 0) is 0 Å². The number of aromatic amines is 1. The lowest BCUT2D eigenvalue weighted by molar-refractivity contribution is 0.811. The summed E-state index contributed by atoms with van der Waals surface area (Å²) in [6.07, 6.45) is 1.65. The summed E-state index contributed by atoms with van der Waals surface area (Å²) in [5.74, 6) is 0.649. The zero-order chi connectivity index (χ0) is 12.4. The molecular weight excluding hydrogens is 216 g/mol. The van der Waals surface area contributed by atoms with Crippen molar-refractivity contribution in [2.45, 2.75) is 19.8 Å². The molecule has 2 aromatic heterocycles. The van der Waals surface area contributed by atoms with Crippen molar-refractivity contribution in [3.05, 3.63) is 62.8 Å². The maximum Gasteiger partial charge on any atom is 0.259 e. The number of pyridine rings is 2. The van der Waals surface area contributed by atoms with Gasteiger partial charge in [-0.1, -0.05) is 26.0 Å². The smallest absolute Gasteiger partial charge is 0.259 e. The fourth-order valence-electron chi connectivity index (χ4n) is 1.72. The van der Waals surface area contributed by atoms with E-state index in [1.54, 1.807) is 18.3 Å². The molecule has 0 saturated heterocycles. The largest absolute Gasteiger partial charge is 0.308 e. The zero-order valence-electron chi connectivity index (χ0n) is 9.81. The predicted octanol–water partition coefficient (Wildman–Crippen LogP) is 1.65. The van der Waals surface area contributed by atoms with Gasteiger partial charge < -0.3 is 4.98 Å². The predicted molar refractivity (Wildman–Crippen MR) is 66.7 cm³/mol. The molecule has 0 aliphatic heterocycles. The Morgan fingerprint density at radius 2 is 1.88 bits per heavy atom. The molecule has 0 atom stereocenters. The Kier molecular flexibility index (Phi) is 2.95. The third-order valence-electron chi connectivity index (χ3n) is 2.61. The molecule has 2 heterocycles. The first-order valence-corrected chi connectivity index (χ1v) is 5.51. The van der Waals surface area contributed by atoms with E-state index in [9.17, 15) is 9.59 Å². The second-order valence-corrected chi connectivity index (χ2v) is 4.19. The molecule has 4 nitrogen and oxygen atoms in total. The van der Waals surface area contributed by atoms with Gasteiger partial charge in [-0.25, -0.2) is 0 Å². The molecule has 1 N–H and O–H groups in total. The van der Waals surface area contributed by atoms with Gasteiger partial charge in [-0.3, -0.25) is 14.2 Å². The Bertz CT molecular complexity index is 638. The van der Waals surface area contributed by atoms with Crippen LogP contribution in [0.5, 0.6) is 0 Å². The molecule has 0 unspecified atom stereocenters. The summed E-state index contributed by atoms with van der Waals surface area (Å²) >= 11 is 0. The van der Waals surface area contributed by atoms with Crippen molar-refractivity contribution in [3.63, 3.8) is 0 Å². The minimum Gasteiger partial charge on any atom is -0.308 e. The second-order valence-electron chi connectivity index (χ2n) is 4.19. The summed E-state index contributed by atoms with van der Waals surface area (Å²) in [5, 5.41) is 0. The van der Waals surface area contributed by atoms with Crippen LogP contribution in [0.2, 0.25) is 0 Å². The van der Waals surface area contributed by atoms with Crippen molar-refractivity contribution in [1.82, 2.24) is 9.55 Å². The number of hydrogen-bond donors (Lipinski definition) is 1. The van der Waals surface area contributed by atoms with Crippen molar-refractivity contribution in [3.8, 4) is 5.82 Å². The van der Waals surface area contributed by atoms with Gasteiger partial charge >= 0.3 is 0 Å². The highest BCUT2D eigenvalue weighted by atomic mass is 16.1. The van der Waals surface area contributed by atoms with E-state index in [0.717, 1.165) is 5.56 Å². The molecule has 2 rings (SSSR count). The van der Waals surface area contributed by atoms with Crippen molar-refractivity contribution in [2.75, 3.05) is 0 Å². The van der Waals surface area contributed by atoms with Crippen LogP contribution in [0.4, 0.5) is 0 Å². The summed E-state index contributed by atoms with van der Waals surface area (Å²) in [6, 6.07) is 8.36. The molecule has 0 radical (unpaired) electrons. The van der Waals surface area contributed by atoms with Crippen molar-refractivity contribution in [2.24, 2.45) is 0 Å². The average molecular weight is 230 g/mol. The van der Waals surface area contributed by atoms with Crippen LogP contribution in [0, 0.1) is 0 Å². The van der Waals surface area contributed by atoms with Crippen LogP contribution >= 0.6 is 0 Å². The first-order chi connectivity index (χ1) is 8.09. The number of aromatic nitrogens is 2. The van der Waals surface area contributed by atoms with E-state index in [2.05, 4.69) is 4.98 Å². The number of nitrogens with one attached hydrogen (secondary N) is 1. The molecule has 0 fully saturated rings. The number of hydrogen-bond acceptors (Lipinski definition) is 2. The van der Waals surface area contributed by atoms with E-state index in [4.69, 9.17) is 0 Å². The van der Waals surface area contributed by atoms with E-state index in [-0.39, 0.29) is 17.0 Å². The zero-order valence-corrected chi connectivity index (χ0v) is 9.81. The fourth-order valence-corrected chi connectivity index (χ4v) is 1.72. The van der Waals surface area contributed by atoms with E-state index in [0.29, 0.717) is 5.82 Å². The summed E-state index contributed by atoms with van der Waals surface area (Å²) in [4.78, 5) is 26.0. The molecule has 0 bridgehead atoms. The molecular formula is C13H14N2O2. The molecule has 0 aromatic carbocycles. The monoisotopic (exact) mass is 230 g/mol. The molecule has 4 heteroatoms. The number of H-pyrrole nitrogens is 1. The van der Waals surface area contributed by atoms with Gasteiger partial charge in [0.15, 0.2) is 0 Å². The Labute approximate surface area is 98.6 Å². The van der Waals surface area contributed by atoms with Crippen molar-refractivity contribution >= 4 is 0 Å². The summed E-state index contributed by atoms with van der Waals surface area (Å²) in [7, 11) is 0. The van der Waals surface area contributed by atoms with E-state index in [1.165, 1.54) is 10.6 Å². The molecule has 0 aliphatic rings. The minimum atomic E-state index is -0.218. The van der Waals surface area contributed by atoms with Gasteiger partial charge in [-0.15, -0.1) is 0 Å². The van der Waals surface area contributed by atoms with Crippen LogP contribution in [-0.4, -0.2) is 9.55 Å². The summed E-state index contributed by atoms with van der Waals surface area (Å²) in [6.45, 7) is 3.93. The first kappa shape index (κ1) is 11.4. The van der Waals surface area contributed by atoms with E-state index >= 15 is 0 Å². The first-order valence-electron chi connectivity index (χ1n) is 5.51. The Balaban J connectivity index is 2.65. The highest BCUT2D eigenvalue weighted by molar-refractivity contribution is 5.26. The summed E-state index contributed by atoms with van der Waals surface area (Å²) in [5.41, 5.74) is 0.422. The van der Waals surface area contributed by atoms with Crippen LogP contribution in [0.3, 0.4) is 0 Å². The SMILES string of the molecule is CC(C)c1cccn(-c2cccc(=O)[nH]2)c1=O. The van der Waals surface area contributed by atoms with Gasteiger partial charge in [0.05, 0.1) is 0 Å². The minimum absolute atomic E-state index is 0.0932. The fraction of sp³-hybridized carbons (Fsp3) is 0.231. The van der Waals surface area contributed by atoms with E-state index in [1.807, 2.05) is 26.0 Å². The quantitative estimate of drug-likeness (QED) is 0.852. The van der Waals surface area contributed by atoms with Crippen molar-refractivity contribution in [1.29, 1.82) is 0 Å². The Morgan fingerprint density at radius 3 is 2.53 bits per heavy atom. The normalized spacial score (nSPS) is 10.8. The molecule has 2 aromatic rings. The number of nitrogens with zero attached hydrogens (tertiary/aromatic N) is 1. The Morgan fingerprint density at radius 1 is 1.12 bits per heavy atom. The second kappa shape index (κ2) is 4.41. The van der Waals surface area contributed by atoms with Gasteiger partial charge in [0.25, 0.3) is 5.56 Å². The average Bonchev–Trinajstić information content (AvgIpc) is 2.29. The standard InChI is InChI=1S/C13H14N2O2/c1-9(2)10-5-4-8-15(13(10)17)11-6-3-7-12(16)14-11/h3-9H,1-2H3,(H,14,16). The van der Waals surface area contributed by atoms with Crippen LogP contribution in [0.1, 0.15) is 25.3 Å². The van der Waals surface area contributed by atoms with Crippen LogP contribution < -0.4 is 11.1 Å². The molecule has 0 spiro atoms. The number of rotatable bonds is 2. The molecule has 0 aliphatic carbocycles. The van der Waals surface area contributed by atoms with Gasteiger partial charge in [-0.2, -0.15) is 0 Å². The van der Waals surface area contributed by atoms with Gasteiger partial charge in [0.1, 0.15) is 5.82 Å². The third-order valence-corrected chi connectivity index (χ3v) is 2.61. The van der Waals surface area contributed by atoms with Gasteiger partial charge in [0, 0.05) is 17.8 Å². The molecule has 88 valence electrons. The van der Waals surface area contributed by atoms with Crippen molar-refractivity contribution < 1.29 is 0 Å². The maximum atomic E-state index is 12.2. The lowest BCUT2D eigenvalue weighted by atomic mass is 10.1.